The van der Waals surface area contributed by atoms with Crippen LogP contribution in [0.4, 0.5) is 0 Å². The molecule has 13 heavy (non-hydrogen) atoms. The average molecular weight is 187 g/mol. The Labute approximate surface area is 80.8 Å². The molecule has 0 aliphatic heterocycles. The minimum absolute atomic E-state index is 0.0940. The highest BCUT2D eigenvalue weighted by atomic mass is 16.5. The maximum atomic E-state index is 8.43. The van der Waals surface area contributed by atoms with Crippen LogP contribution in [0.5, 0.6) is 0 Å². The number of aliphatic hydroxyl groups excluding tert-OH is 1. The predicted molar refractivity (Wildman–Crippen MR) is 54.6 cm³/mol. The summed E-state index contributed by atoms with van der Waals surface area (Å²) in [5, 5.41) is 11.6. The monoisotopic (exact) mass is 187 g/mol. The van der Waals surface area contributed by atoms with Gasteiger partial charge in [0.15, 0.2) is 0 Å². The van der Waals surface area contributed by atoms with E-state index in [1.54, 1.807) is 0 Å². The van der Waals surface area contributed by atoms with Crippen molar-refractivity contribution in [3.8, 4) is 0 Å². The summed E-state index contributed by atoms with van der Waals surface area (Å²) in [6, 6.07) is 0. The maximum Gasteiger partial charge on any atom is 0.0698 e. The number of rotatable bonds is 9. The minimum Gasteiger partial charge on any atom is -0.394 e. The molecule has 0 bridgehead atoms. The lowest BCUT2D eigenvalue weighted by Gasteiger charge is -2.08. The number of hydrogen-bond acceptors (Lipinski definition) is 3. The van der Waals surface area contributed by atoms with Crippen molar-refractivity contribution < 1.29 is 9.84 Å². The fourth-order valence-electron chi connectivity index (χ4n) is 0.945. The van der Waals surface area contributed by atoms with Gasteiger partial charge < -0.3 is 15.2 Å². The van der Waals surface area contributed by atoms with Crippen LogP contribution in [0, 0.1) is 0 Å². The van der Waals surface area contributed by atoms with E-state index in [1.165, 1.54) is 12.8 Å². The van der Waals surface area contributed by atoms with E-state index in [0.29, 0.717) is 13.2 Å². The second-order valence-corrected chi connectivity index (χ2v) is 2.97. The van der Waals surface area contributed by atoms with Crippen molar-refractivity contribution in [1.82, 2.24) is 5.32 Å². The number of hydrogen-bond donors (Lipinski definition) is 2. The van der Waals surface area contributed by atoms with Crippen molar-refractivity contribution in [2.45, 2.75) is 26.2 Å². The number of allylic oxidation sites excluding steroid dienone is 1. The standard InChI is InChI=1S/C10H21NO2/c1-3-4-5-10(2)11-6-8-13-9-7-12/h11-12H,2-9H2,1H3. The molecule has 3 nitrogen and oxygen atoms in total. The molecule has 0 aromatic rings. The average Bonchev–Trinajstić information content (AvgIpc) is 2.14. The quantitative estimate of drug-likeness (QED) is 0.534. The largest absolute Gasteiger partial charge is 0.394 e. The Balaban J connectivity index is 3.08. The first kappa shape index (κ1) is 12.5. The number of unbranched alkanes of at least 4 members (excludes halogenated alkanes) is 1. The van der Waals surface area contributed by atoms with Gasteiger partial charge in [0.2, 0.25) is 0 Å². The van der Waals surface area contributed by atoms with E-state index in [0.717, 1.165) is 18.7 Å². The molecule has 0 radical (unpaired) electrons. The Morgan fingerprint density at radius 3 is 2.85 bits per heavy atom. The summed E-state index contributed by atoms with van der Waals surface area (Å²) in [5.41, 5.74) is 1.08. The molecule has 0 heterocycles. The lowest BCUT2D eigenvalue weighted by atomic mass is 10.2. The van der Waals surface area contributed by atoms with Crippen molar-refractivity contribution in [2.75, 3.05) is 26.4 Å². The summed E-state index contributed by atoms with van der Waals surface area (Å²) in [5.74, 6) is 0. The highest BCUT2D eigenvalue weighted by molar-refractivity contribution is 4.90. The summed E-state index contributed by atoms with van der Waals surface area (Å²) in [4.78, 5) is 0. The minimum atomic E-state index is 0.0940. The Kier molecular flexibility index (Phi) is 9.15. The molecule has 0 fully saturated rings. The van der Waals surface area contributed by atoms with E-state index in [-0.39, 0.29) is 6.61 Å². The topological polar surface area (TPSA) is 41.5 Å². The molecule has 3 heteroatoms. The molecular weight excluding hydrogens is 166 g/mol. The molecule has 0 unspecified atom stereocenters. The first-order valence-corrected chi connectivity index (χ1v) is 4.91. The lowest BCUT2D eigenvalue weighted by molar-refractivity contribution is 0.0949. The Hall–Kier alpha value is -0.540. The Morgan fingerprint density at radius 2 is 2.23 bits per heavy atom. The van der Waals surface area contributed by atoms with Gasteiger partial charge in [0.05, 0.1) is 19.8 Å². The second kappa shape index (κ2) is 9.55. The van der Waals surface area contributed by atoms with Gasteiger partial charge in [0.1, 0.15) is 0 Å². The molecule has 0 aliphatic carbocycles. The number of ether oxygens (including phenoxy) is 1. The second-order valence-electron chi connectivity index (χ2n) is 2.97. The number of aliphatic hydroxyl groups is 1. The van der Waals surface area contributed by atoms with Crippen LogP contribution in [0.2, 0.25) is 0 Å². The van der Waals surface area contributed by atoms with Crippen molar-refractivity contribution in [3.63, 3.8) is 0 Å². The summed E-state index contributed by atoms with van der Waals surface area (Å²) in [6.45, 7) is 7.98. The smallest absolute Gasteiger partial charge is 0.0698 e. The highest BCUT2D eigenvalue weighted by Crippen LogP contribution is 2.00. The zero-order valence-electron chi connectivity index (χ0n) is 8.51. The first-order chi connectivity index (χ1) is 6.31. The Morgan fingerprint density at radius 1 is 1.46 bits per heavy atom. The van der Waals surface area contributed by atoms with Crippen LogP contribution in [0.25, 0.3) is 0 Å². The van der Waals surface area contributed by atoms with E-state index in [2.05, 4.69) is 18.8 Å². The van der Waals surface area contributed by atoms with E-state index >= 15 is 0 Å². The third kappa shape index (κ3) is 9.37. The molecule has 0 saturated carbocycles. The lowest BCUT2D eigenvalue weighted by Crippen LogP contribution is -2.19. The molecule has 2 N–H and O–H groups in total. The van der Waals surface area contributed by atoms with E-state index in [1.807, 2.05) is 0 Å². The third-order valence-electron chi connectivity index (χ3n) is 1.69. The van der Waals surface area contributed by atoms with Gasteiger partial charge in [-0.05, 0) is 12.8 Å². The van der Waals surface area contributed by atoms with Gasteiger partial charge >= 0.3 is 0 Å². The SMILES string of the molecule is C=C(CCCC)NCCOCCO. The predicted octanol–water partition coefficient (Wildman–Crippen LogP) is 1.29. The Bertz CT molecular complexity index is 126. The summed E-state index contributed by atoms with van der Waals surface area (Å²) in [7, 11) is 0. The number of nitrogens with one attached hydrogen (secondary N) is 1. The molecule has 78 valence electrons. The van der Waals surface area contributed by atoms with Crippen LogP contribution in [0.1, 0.15) is 26.2 Å². The highest BCUT2D eigenvalue weighted by Gasteiger charge is 1.92. The van der Waals surface area contributed by atoms with Crippen LogP contribution in [-0.2, 0) is 4.74 Å². The van der Waals surface area contributed by atoms with E-state index in [9.17, 15) is 0 Å². The molecule has 0 aromatic heterocycles. The molecular formula is C10H21NO2. The van der Waals surface area contributed by atoms with E-state index < -0.39 is 0 Å². The molecule has 0 aliphatic rings. The van der Waals surface area contributed by atoms with Crippen LogP contribution < -0.4 is 5.32 Å². The van der Waals surface area contributed by atoms with Crippen molar-refractivity contribution in [1.29, 1.82) is 0 Å². The molecule has 0 aromatic carbocycles. The van der Waals surface area contributed by atoms with Crippen molar-refractivity contribution >= 4 is 0 Å². The van der Waals surface area contributed by atoms with Gasteiger partial charge in [0, 0.05) is 12.2 Å². The summed E-state index contributed by atoms with van der Waals surface area (Å²) >= 11 is 0. The fraction of sp³-hybridized carbons (Fsp3) is 0.800. The zero-order chi connectivity index (χ0) is 9.94. The molecule has 0 saturated heterocycles. The van der Waals surface area contributed by atoms with Gasteiger partial charge in [-0.15, -0.1) is 0 Å². The fourth-order valence-corrected chi connectivity index (χ4v) is 0.945. The van der Waals surface area contributed by atoms with Crippen LogP contribution in [0.15, 0.2) is 12.3 Å². The van der Waals surface area contributed by atoms with Crippen LogP contribution >= 0.6 is 0 Å². The van der Waals surface area contributed by atoms with Crippen LogP contribution in [0.3, 0.4) is 0 Å². The van der Waals surface area contributed by atoms with E-state index in [4.69, 9.17) is 9.84 Å². The summed E-state index contributed by atoms with van der Waals surface area (Å²) in [6.07, 6.45) is 3.42. The van der Waals surface area contributed by atoms with Crippen molar-refractivity contribution in [3.05, 3.63) is 12.3 Å². The first-order valence-electron chi connectivity index (χ1n) is 4.91. The molecule has 0 rings (SSSR count). The van der Waals surface area contributed by atoms with Gasteiger partial charge in [0.25, 0.3) is 0 Å². The zero-order valence-corrected chi connectivity index (χ0v) is 8.51. The molecule has 0 atom stereocenters. The van der Waals surface area contributed by atoms with Gasteiger partial charge in [-0.25, -0.2) is 0 Å². The van der Waals surface area contributed by atoms with Crippen molar-refractivity contribution in [2.24, 2.45) is 0 Å². The van der Waals surface area contributed by atoms with Crippen LogP contribution in [-0.4, -0.2) is 31.5 Å². The third-order valence-corrected chi connectivity index (χ3v) is 1.69. The van der Waals surface area contributed by atoms with Gasteiger partial charge in [-0.2, -0.15) is 0 Å². The van der Waals surface area contributed by atoms with Gasteiger partial charge in [-0.1, -0.05) is 19.9 Å². The summed E-state index contributed by atoms with van der Waals surface area (Å²) < 4.78 is 5.08. The molecule has 0 spiro atoms. The maximum absolute atomic E-state index is 8.43. The molecule has 0 amide bonds. The van der Waals surface area contributed by atoms with Gasteiger partial charge in [-0.3, -0.25) is 0 Å². The normalized spacial score (nSPS) is 10.0.